The van der Waals surface area contributed by atoms with Crippen molar-refractivity contribution in [2.75, 3.05) is 39.4 Å². The molecule has 2 N–H and O–H groups in total. The van der Waals surface area contributed by atoms with Gasteiger partial charge in [0.15, 0.2) is 0 Å². The van der Waals surface area contributed by atoms with Gasteiger partial charge in [0, 0.05) is 51.0 Å². The normalized spacial score (nSPS) is 20.8. The van der Waals surface area contributed by atoms with Crippen LogP contribution in [0.2, 0.25) is 5.02 Å². The summed E-state index contributed by atoms with van der Waals surface area (Å²) in [5.41, 5.74) is 0.736. The Kier molecular flexibility index (Phi) is 9.06. The first-order valence-electron chi connectivity index (χ1n) is 7.88. The molecule has 0 unspecified atom stereocenters. The predicted molar refractivity (Wildman–Crippen MR) is 98.3 cm³/mol. The molecule has 0 amide bonds. The number of nitrogens with one attached hydrogen (secondary N) is 1. The molecule has 3 rings (SSSR count). The second-order valence-corrected chi connectivity index (χ2v) is 6.36. The van der Waals surface area contributed by atoms with Gasteiger partial charge in [-0.15, -0.1) is 24.8 Å². The fourth-order valence-corrected chi connectivity index (χ4v) is 3.71. The molecule has 1 atom stereocenters. The van der Waals surface area contributed by atoms with Crippen LogP contribution < -0.4 is 5.32 Å². The highest BCUT2D eigenvalue weighted by Gasteiger charge is 2.33. The van der Waals surface area contributed by atoms with Gasteiger partial charge in [0.2, 0.25) is 0 Å². The molecule has 2 aliphatic rings. The number of benzene rings is 1. The summed E-state index contributed by atoms with van der Waals surface area (Å²) in [5, 5.41) is 13.5. The Bertz CT molecular complexity index is 506. The van der Waals surface area contributed by atoms with Crippen LogP contribution >= 0.6 is 36.4 Å². The van der Waals surface area contributed by atoms with Gasteiger partial charge in [0.05, 0.1) is 0 Å². The molecular formula is C16H24Cl3FN2O2. The average molecular weight is 402 g/mol. The molecule has 24 heavy (non-hydrogen) atoms. The van der Waals surface area contributed by atoms with Gasteiger partial charge in [0.25, 0.3) is 0 Å². The van der Waals surface area contributed by atoms with Crippen molar-refractivity contribution in [3.05, 3.63) is 28.5 Å². The lowest BCUT2D eigenvalue weighted by Crippen LogP contribution is -2.47. The number of ether oxygens (including phenoxy) is 1. The van der Waals surface area contributed by atoms with E-state index in [0.29, 0.717) is 5.92 Å². The lowest BCUT2D eigenvalue weighted by Gasteiger charge is -2.41. The van der Waals surface area contributed by atoms with Gasteiger partial charge in [-0.1, -0.05) is 17.7 Å². The first-order chi connectivity index (χ1) is 10.7. The molecule has 1 aromatic rings. The molecule has 138 valence electrons. The lowest BCUT2D eigenvalue weighted by molar-refractivity contribution is 0.0206. The Morgan fingerprint density at radius 1 is 1.21 bits per heavy atom. The van der Waals surface area contributed by atoms with Gasteiger partial charge in [-0.25, -0.2) is 4.39 Å². The SMILES string of the molecule is Cl.Cl.Oc1c([C@@H](C2CCOCC2)N2CCNCC2)ccc(F)c1Cl. The van der Waals surface area contributed by atoms with Crippen molar-refractivity contribution in [3.8, 4) is 5.75 Å². The molecule has 0 spiro atoms. The van der Waals surface area contributed by atoms with E-state index in [1.165, 1.54) is 6.07 Å². The summed E-state index contributed by atoms with van der Waals surface area (Å²) >= 11 is 5.92. The minimum atomic E-state index is -0.575. The fraction of sp³-hybridized carbons (Fsp3) is 0.625. The number of hydrogen-bond donors (Lipinski definition) is 2. The third kappa shape index (κ3) is 4.65. The third-order valence-corrected chi connectivity index (χ3v) is 5.04. The monoisotopic (exact) mass is 400 g/mol. The molecule has 0 aromatic heterocycles. The maximum absolute atomic E-state index is 13.6. The van der Waals surface area contributed by atoms with Crippen molar-refractivity contribution in [2.24, 2.45) is 5.92 Å². The number of nitrogens with zero attached hydrogens (tertiary/aromatic N) is 1. The highest BCUT2D eigenvalue weighted by Crippen LogP contribution is 2.42. The van der Waals surface area contributed by atoms with Gasteiger partial charge < -0.3 is 15.2 Å². The average Bonchev–Trinajstić information content (AvgIpc) is 2.57. The molecule has 2 saturated heterocycles. The molecule has 2 aliphatic heterocycles. The van der Waals surface area contributed by atoms with Crippen molar-refractivity contribution in [3.63, 3.8) is 0 Å². The molecule has 0 radical (unpaired) electrons. The van der Waals surface area contributed by atoms with Gasteiger partial charge in [0.1, 0.15) is 16.6 Å². The first-order valence-corrected chi connectivity index (χ1v) is 8.25. The number of rotatable bonds is 3. The number of halogens is 4. The molecule has 0 aliphatic carbocycles. The summed E-state index contributed by atoms with van der Waals surface area (Å²) in [6.07, 6.45) is 1.89. The molecule has 0 bridgehead atoms. The van der Waals surface area contributed by atoms with Gasteiger partial charge in [-0.2, -0.15) is 0 Å². The van der Waals surface area contributed by atoms with E-state index in [9.17, 15) is 9.50 Å². The van der Waals surface area contributed by atoms with Crippen LogP contribution in [0.5, 0.6) is 5.75 Å². The number of phenolic OH excluding ortho intramolecular Hbond substituents is 1. The molecule has 2 fully saturated rings. The van der Waals surface area contributed by atoms with Crippen LogP contribution in [0.25, 0.3) is 0 Å². The van der Waals surface area contributed by atoms with E-state index in [2.05, 4.69) is 10.2 Å². The van der Waals surface area contributed by atoms with Crippen molar-refractivity contribution in [1.29, 1.82) is 0 Å². The number of hydrogen-bond acceptors (Lipinski definition) is 4. The Morgan fingerprint density at radius 2 is 1.83 bits per heavy atom. The zero-order chi connectivity index (χ0) is 15.5. The zero-order valence-corrected chi connectivity index (χ0v) is 15.7. The maximum atomic E-state index is 13.6. The molecule has 1 aromatic carbocycles. The molecular weight excluding hydrogens is 378 g/mol. The minimum Gasteiger partial charge on any atom is -0.506 e. The molecule has 8 heteroatoms. The van der Waals surface area contributed by atoms with Gasteiger partial charge in [-0.05, 0) is 24.8 Å². The van der Waals surface area contributed by atoms with Crippen molar-refractivity contribution >= 4 is 36.4 Å². The Hall–Kier alpha value is -0.300. The van der Waals surface area contributed by atoms with E-state index in [4.69, 9.17) is 16.3 Å². The van der Waals surface area contributed by atoms with E-state index >= 15 is 0 Å². The topological polar surface area (TPSA) is 44.7 Å². The van der Waals surface area contributed by atoms with E-state index in [1.807, 2.05) is 0 Å². The van der Waals surface area contributed by atoms with E-state index < -0.39 is 5.82 Å². The summed E-state index contributed by atoms with van der Waals surface area (Å²) in [7, 11) is 0. The van der Waals surface area contributed by atoms with Crippen LogP contribution in [-0.4, -0.2) is 49.4 Å². The van der Waals surface area contributed by atoms with Gasteiger partial charge in [-0.3, -0.25) is 4.90 Å². The summed E-state index contributed by atoms with van der Waals surface area (Å²) in [4.78, 5) is 2.37. The van der Waals surface area contributed by atoms with Crippen LogP contribution in [0.15, 0.2) is 12.1 Å². The van der Waals surface area contributed by atoms with Crippen LogP contribution in [0.3, 0.4) is 0 Å². The number of phenols is 1. The fourth-order valence-electron chi connectivity index (χ4n) is 3.53. The van der Waals surface area contributed by atoms with E-state index in [0.717, 1.165) is 57.8 Å². The summed E-state index contributed by atoms with van der Waals surface area (Å²) in [6, 6.07) is 3.09. The Labute approximate surface area is 159 Å². The van der Waals surface area contributed by atoms with Crippen molar-refractivity contribution in [2.45, 2.75) is 18.9 Å². The van der Waals surface area contributed by atoms with Crippen molar-refractivity contribution in [1.82, 2.24) is 10.2 Å². The van der Waals surface area contributed by atoms with E-state index in [1.54, 1.807) is 6.07 Å². The van der Waals surface area contributed by atoms with Gasteiger partial charge >= 0.3 is 0 Å². The standard InChI is InChI=1S/C16H22ClFN2O2.2ClH/c17-14-13(18)2-1-12(16(14)21)15(11-3-9-22-10-4-11)20-7-5-19-6-8-20;;/h1-2,11,15,19,21H,3-10H2;2*1H/t15-;;/m1../s1. The Morgan fingerprint density at radius 3 is 2.46 bits per heavy atom. The number of piperazine rings is 1. The first kappa shape index (κ1) is 21.7. The van der Waals surface area contributed by atoms with Crippen LogP contribution in [0, 0.1) is 11.7 Å². The maximum Gasteiger partial charge on any atom is 0.145 e. The second-order valence-electron chi connectivity index (χ2n) is 5.98. The summed E-state index contributed by atoms with van der Waals surface area (Å²) in [5.74, 6) is -0.301. The van der Waals surface area contributed by atoms with E-state index in [-0.39, 0.29) is 41.6 Å². The minimum absolute atomic E-state index is 0. The van der Waals surface area contributed by atoms with Crippen LogP contribution in [0.4, 0.5) is 4.39 Å². The largest absolute Gasteiger partial charge is 0.506 e. The smallest absolute Gasteiger partial charge is 0.145 e. The quantitative estimate of drug-likeness (QED) is 0.815. The Balaban J connectivity index is 0.00000144. The molecule has 4 nitrogen and oxygen atoms in total. The summed E-state index contributed by atoms with van der Waals surface area (Å²) < 4.78 is 19.0. The second kappa shape index (κ2) is 10.00. The third-order valence-electron chi connectivity index (χ3n) is 4.68. The molecule has 0 saturated carbocycles. The highest BCUT2D eigenvalue weighted by molar-refractivity contribution is 6.32. The molecule has 2 heterocycles. The zero-order valence-electron chi connectivity index (χ0n) is 13.3. The highest BCUT2D eigenvalue weighted by atomic mass is 35.5. The predicted octanol–water partition coefficient (Wildman–Crippen LogP) is 3.40. The van der Waals surface area contributed by atoms with Crippen LogP contribution in [-0.2, 0) is 4.74 Å². The number of aromatic hydroxyl groups is 1. The summed E-state index contributed by atoms with van der Waals surface area (Å²) in [6.45, 7) is 5.16. The van der Waals surface area contributed by atoms with Crippen molar-refractivity contribution < 1.29 is 14.2 Å². The van der Waals surface area contributed by atoms with Crippen LogP contribution in [0.1, 0.15) is 24.4 Å². The lowest BCUT2D eigenvalue weighted by atomic mass is 9.85.